The van der Waals surface area contributed by atoms with Gasteiger partial charge in [-0.2, -0.15) is 0 Å². The average molecular weight is 321 g/mol. The molecule has 0 bridgehead atoms. The Morgan fingerprint density at radius 1 is 1.13 bits per heavy atom. The number of halogens is 1. The van der Waals surface area contributed by atoms with Crippen molar-refractivity contribution >= 4 is 11.8 Å². The lowest BCUT2D eigenvalue weighted by atomic mass is 10.1. The maximum Gasteiger partial charge on any atom is 0.236 e. The topological polar surface area (TPSA) is 43.9 Å². The van der Waals surface area contributed by atoms with Crippen LogP contribution in [0.4, 0.5) is 4.39 Å². The quantitative estimate of drug-likeness (QED) is 0.844. The minimum absolute atomic E-state index is 0.0260. The van der Waals surface area contributed by atoms with E-state index in [1.54, 1.807) is 28.9 Å². The van der Waals surface area contributed by atoms with E-state index in [0.717, 1.165) is 5.56 Å². The van der Waals surface area contributed by atoms with Gasteiger partial charge in [-0.05, 0) is 31.7 Å². The summed E-state index contributed by atoms with van der Waals surface area (Å²) in [6.07, 6.45) is 0. The third kappa shape index (κ3) is 4.51. The molecule has 5 nitrogen and oxygen atoms in total. The summed E-state index contributed by atoms with van der Waals surface area (Å²) in [6.45, 7) is 6.20. The van der Waals surface area contributed by atoms with Crippen LogP contribution in [0, 0.1) is 5.82 Å². The SMILES string of the molecule is CC(=O)N1CCN(C(=O)CN(C)C(C)c2ccc(F)cc2)CC1. The molecule has 1 fully saturated rings. The van der Waals surface area contributed by atoms with Crippen LogP contribution in [0.1, 0.15) is 25.5 Å². The number of carbonyl (C=O) groups excluding carboxylic acids is 2. The van der Waals surface area contributed by atoms with Gasteiger partial charge >= 0.3 is 0 Å². The van der Waals surface area contributed by atoms with Gasteiger partial charge in [0.2, 0.25) is 11.8 Å². The lowest BCUT2D eigenvalue weighted by Gasteiger charge is -2.35. The van der Waals surface area contributed by atoms with Gasteiger partial charge in [0.25, 0.3) is 0 Å². The smallest absolute Gasteiger partial charge is 0.236 e. The van der Waals surface area contributed by atoms with E-state index in [1.807, 2.05) is 18.9 Å². The molecule has 0 N–H and O–H groups in total. The van der Waals surface area contributed by atoms with Gasteiger partial charge in [0.1, 0.15) is 5.82 Å². The zero-order chi connectivity index (χ0) is 17.0. The highest BCUT2D eigenvalue weighted by Crippen LogP contribution is 2.19. The molecular formula is C17H24FN3O2. The molecule has 0 saturated carbocycles. The second-order valence-corrected chi connectivity index (χ2v) is 6.03. The zero-order valence-electron chi connectivity index (χ0n) is 14.0. The van der Waals surface area contributed by atoms with Crippen LogP contribution in [-0.2, 0) is 9.59 Å². The number of benzene rings is 1. The minimum Gasteiger partial charge on any atom is -0.339 e. The molecule has 1 unspecified atom stereocenters. The van der Waals surface area contributed by atoms with Crippen molar-refractivity contribution in [1.29, 1.82) is 0 Å². The first-order valence-electron chi connectivity index (χ1n) is 7.87. The molecule has 0 aromatic heterocycles. The van der Waals surface area contributed by atoms with Crippen LogP contribution in [0.5, 0.6) is 0 Å². The Labute approximate surface area is 136 Å². The number of nitrogens with zero attached hydrogens (tertiary/aromatic N) is 3. The van der Waals surface area contributed by atoms with E-state index in [9.17, 15) is 14.0 Å². The highest BCUT2D eigenvalue weighted by atomic mass is 19.1. The van der Waals surface area contributed by atoms with Gasteiger partial charge in [-0.1, -0.05) is 12.1 Å². The van der Waals surface area contributed by atoms with Gasteiger partial charge in [0.15, 0.2) is 0 Å². The monoisotopic (exact) mass is 321 g/mol. The highest BCUT2D eigenvalue weighted by Gasteiger charge is 2.24. The summed E-state index contributed by atoms with van der Waals surface area (Å²) >= 11 is 0. The maximum atomic E-state index is 13.0. The molecule has 0 radical (unpaired) electrons. The Balaban J connectivity index is 1.87. The number of hydrogen-bond donors (Lipinski definition) is 0. The first-order chi connectivity index (χ1) is 10.9. The van der Waals surface area contributed by atoms with Crippen molar-refractivity contribution < 1.29 is 14.0 Å². The molecular weight excluding hydrogens is 297 g/mol. The largest absolute Gasteiger partial charge is 0.339 e. The van der Waals surface area contributed by atoms with E-state index in [-0.39, 0.29) is 23.7 Å². The van der Waals surface area contributed by atoms with Crippen molar-refractivity contribution in [2.24, 2.45) is 0 Å². The molecule has 1 aromatic carbocycles. The number of likely N-dealkylation sites (N-methyl/N-ethyl adjacent to an activating group) is 1. The molecule has 2 amide bonds. The molecule has 6 heteroatoms. The van der Waals surface area contributed by atoms with Crippen molar-refractivity contribution in [3.63, 3.8) is 0 Å². The number of carbonyl (C=O) groups is 2. The molecule has 1 atom stereocenters. The fourth-order valence-corrected chi connectivity index (χ4v) is 2.72. The summed E-state index contributed by atoms with van der Waals surface area (Å²) in [5, 5.41) is 0. The Bertz CT molecular complexity index is 553. The van der Waals surface area contributed by atoms with Crippen molar-refractivity contribution in [3.05, 3.63) is 35.6 Å². The number of piperazine rings is 1. The second kappa shape index (κ2) is 7.55. The molecule has 2 rings (SSSR count). The van der Waals surface area contributed by atoms with E-state index in [2.05, 4.69) is 0 Å². The zero-order valence-corrected chi connectivity index (χ0v) is 14.0. The summed E-state index contributed by atoms with van der Waals surface area (Å²) in [5.74, 6) is -0.146. The summed E-state index contributed by atoms with van der Waals surface area (Å²) in [7, 11) is 1.89. The second-order valence-electron chi connectivity index (χ2n) is 6.03. The average Bonchev–Trinajstić information content (AvgIpc) is 2.54. The molecule has 1 heterocycles. The number of amides is 2. The predicted molar refractivity (Wildman–Crippen MR) is 86.3 cm³/mol. The minimum atomic E-state index is -0.261. The lowest BCUT2D eigenvalue weighted by Crippen LogP contribution is -2.52. The standard InChI is InChI=1S/C17H24FN3O2/c1-13(15-4-6-16(18)7-5-15)19(3)12-17(23)21-10-8-20(9-11-21)14(2)22/h4-7,13H,8-12H2,1-3H3. The normalized spacial score (nSPS) is 16.6. The van der Waals surface area contributed by atoms with E-state index >= 15 is 0 Å². The predicted octanol–water partition coefficient (Wildman–Crippen LogP) is 1.51. The van der Waals surface area contributed by atoms with Crippen LogP contribution in [0.25, 0.3) is 0 Å². The molecule has 0 aliphatic carbocycles. The fraction of sp³-hybridized carbons (Fsp3) is 0.529. The Morgan fingerprint density at radius 2 is 1.65 bits per heavy atom. The van der Waals surface area contributed by atoms with Gasteiger partial charge in [-0.25, -0.2) is 4.39 Å². The Hall–Kier alpha value is -1.95. The first kappa shape index (κ1) is 17.4. The van der Waals surface area contributed by atoms with E-state index in [1.165, 1.54) is 12.1 Å². The van der Waals surface area contributed by atoms with Crippen molar-refractivity contribution in [1.82, 2.24) is 14.7 Å². The van der Waals surface area contributed by atoms with Gasteiger partial charge in [-0.15, -0.1) is 0 Å². The third-order valence-corrected chi connectivity index (χ3v) is 4.48. The summed E-state index contributed by atoms with van der Waals surface area (Å²) in [5.41, 5.74) is 0.975. The van der Waals surface area contributed by atoms with Gasteiger partial charge < -0.3 is 9.80 Å². The summed E-state index contributed by atoms with van der Waals surface area (Å²) in [4.78, 5) is 29.2. The van der Waals surface area contributed by atoms with Crippen LogP contribution in [0.3, 0.4) is 0 Å². The van der Waals surface area contributed by atoms with E-state index in [4.69, 9.17) is 0 Å². The van der Waals surface area contributed by atoms with E-state index < -0.39 is 0 Å². The maximum absolute atomic E-state index is 13.0. The fourth-order valence-electron chi connectivity index (χ4n) is 2.72. The molecule has 23 heavy (non-hydrogen) atoms. The van der Waals surface area contributed by atoms with Gasteiger partial charge in [0.05, 0.1) is 6.54 Å². The van der Waals surface area contributed by atoms with Crippen LogP contribution in [-0.4, -0.2) is 66.3 Å². The van der Waals surface area contributed by atoms with Crippen LogP contribution < -0.4 is 0 Å². The number of rotatable bonds is 4. The van der Waals surface area contributed by atoms with Crippen molar-refractivity contribution in [3.8, 4) is 0 Å². The molecule has 1 aliphatic heterocycles. The summed E-state index contributed by atoms with van der Waals surface area (Å²) in [6, 6.07) is 6.38. The van der Waals surface area contributed by atoms with Crippen molar-refractivity contribution in [2.45, 2.75) is 19.9 Å². The number of hydrogen-bond acceptors (Lipinski definition) is 3. The molecule has 126 valence electrons. The molecule has 0 spiro atoms. The van der Waals surface area contributed by atoms with Gasteiger partial charge in [0, 0.05) is 39.1 Å². The Morgan fingerprint density at radius 3 is 2.17 bits per heavy atom. The van der Waals surface area contributed by atoms with Crippen molar-refractivity contribution in [2.75, 3.05) is 39.8 Å². The first-order valence-corrected chi connectivity index (χ1v) is 7.87. The molecule has 1 aliphatic rings. The highest BCUT2D eigenvalue weighted by molar-refractivity contribution is 5.79. The van der Waals surface area contributed by atoms with E-state index in [0.29, 0.717) is 32.7 Å². The summed E-state index contributed by atoms with van der Waals surface area (Å²) < 4.78 is 13.0. The van der Waals surface area contributed by atoms with Gasteiger partial charge in [-0.3, -0.25) is 14.5 Å². The molecule has 1 aromatic rings. The molecule has 1 saturated heterocycles. The Kier molecular flexibility index (Phi) is 5.71. The third-order valence-electron chi connectivity index (χ3n) is 4.48. The van der Waals surface area contributed by atoms with Crippen LogP contribution >= 0.6 is 0 Å². The van der Waals surface area contributed by atoms with Crippen LogP contribution in [0.2, 0.25) is 0 Å². The van der Waals surface area contributed by atoms with Crippen LogP contribution in [0.15, 0.2) is 24.3 Å². The lowest BCUT2D eigenvalue weighted by molar-refractivity contribution is -0.139.